The first kappa shape index (κ1) is 13.5. The van der Waals surface area contributed by atoms with Gasteiger partial charge in [0.1, 0.15) is 5.69 Å². The molecule has 21 heavy (non-hydrogen) atoms. The highest BCUT2D eigenvalue weighted by molar-refractivity contribution is 5.31. The highest BCUT2D eigenvalue weighted by Crippen LogP contribution is 2.18. The fraction of sp³-hybridized carbons (Fsp3) is 0.176. The van der Waals surface area contributed by atoms with E-state index in [1.165, 1.54) is 5.56 Å². The first-order chi connectivity index (χ1) is 10.3. The van der Waals surface area contributed by atoms with Gasteiger partial charge in [0.15, 0.2) is 0 Å². The number of aromatic nitrogens is 3. The van der Waals surface area contributed by atoms with Crippen LogP contribution in [-0.2, 0) is 6.42 Å². The molecule has 2 aromatic carbocycles. The van der Waals surface area contributed by atoms with Gasteiger partial charge in [0.2, 0.25) is 0 Å². The summed E-state index contributed by atoms with van der Waals surface area (Å²) < 4.78 is 0. The van der Waals surface area contributed by atoms with Crippen LogP contribution in [0.1, 0.15) is 29.8 Å². The van der Waals surface area contributed by atoms with Crippen molar-refractivity contribution in [3.05, 3.63) is 77.6 Å². The SMILES string of the molecule is CCc1ccc(C(N)c2cnn(-c3ccccc3)n2)cc1. The summed E-state index contributed by atoms with van der Waals surface area (Å²) in [6.07, 6.45) is 2.76. The van der Waals surface area contributed by atoms with E-state index in [-0.39, 0.29) is 6.04 Å². The van der Waals surface area contributed by atoms with Gasteiger partial charge in [-0.05, 0) is 29.7 Å². The first-order valence-corrected chi connectivity index (χ1v) is 7.10. The number of hydrogen-bond donors (Lipinski definition) is 1. The van der Waals surface area contributed by atoms with E-state index in [0.717, 1.165) is 23.4 Å². The summed E-state index contributed by atoms with van der Waals surface area (Å²) in [7, 11) is 0. The lowest BCUT2D eigenvalue weighted by atomic mass is 10.0. The fourth-order valence-corrected chi connectivity index (χ4v) is 2.23. The molecule has 0 radical (unpaired) electrons. The molecule has 0 saturated heterocycles. The summed E-state index contributed by atoms with van der Waals surface area (Å²) in [5, 5.41) is 8.77. The fourth-order valence-electron chi connectivity index (χ4n) is 2.23. The Kier molecular flexibility index (Phi) is 3.79. The van der Waals surface area contributed by atoms with Crippen molar-refractivity contribution in [1.29, 1.82) is 0 Å². The summed E-state index contributed by atoms with van der Waals surface area (Å²) in [6.45, 7) is 2.14. The molecule has 0 spiro atoms. The van der Waals surface area contributed by atoms with Crippen LogP contribution in [0.3, 0.4) is 0 Å². The van der Waals surface area contributed by atoms with Crippen LogP contribution in [-0.4, -0.2) is 15.0 Å². The largest absolute Gasteiger partial charge is 0.319 e. The van der Waals surface area contributed by atoms with Gasteiger partial charge in [-0.15, -0.1) is 0 Å². The minimum Gasteiger partial charge on any atom is -0.319 e. The second kappa shape index (κ2) is 5.89. The second-order valence-corrected chi connectivity index (χ2v) is 4.97. The molecule has 3 aromatic rings. The van der Waals surface area contributed by atoms with Crippen LogP contribution in [0, 0.1) is 0 Å². The molecule has 0 fully saturated rings. The van der Waals surface area contributed by atoms with Crippen LogP contribution in [0.4, 0.5) is 0 Å². The average Bonchev–Trinajstić information content (AvgIpc) is 3.05. The maximum absolute atomic E-state index is 6.28. The van der Waals surface area contributed by atoms with Crippen LogP contribution >= 0.6 is 0 Å². The Labute approximate surface area is 124 Å². The third-order valence-electron chi connectivity index (χ3n) is 3.56. The van der Waals surface area contributed by atoms with Crippen molar-refractivity contribution < 1.29 is 0 Å². The normalized spacial score (nSPS) is 12.3. The van der Waals surface area contributed by atoms with Crippen LogP contribution in [0.25, 0.3) is 5.69 Å². The maximum Gasteiger partial charge on any atom is 0.104 e. The topological polar surface area (TPSA) is 56.7 Å². The zero-order chi connectivity index (χ0) is 14.7. The summed E-state index contributed by atoms with van der Waals surface area (Å²) in [5.74, 6) is 0. The zero-order valence-corrected chi connectivity index (χ0v) is 12.0. The molecular weight excluding hydrogens is 260 g/mol. The minimum atomic E-state index is -0.256. The number of nitrogens with two attached hydrogens (primary N) is 1. The smallest absolute Gasteiger partial charge is 0.104 e. The van der Waals surface area contributed by atoms with Gasteiger partial charge in [0.05, 0.1) is 17.9 Å². The highest BCUT2D eigenvalue weighted by Gasteiger charge is 2.13. The van der Waals surface area contributed by atoms with E-state index in [0.29, 0.717) is 0 Å². The predicted octanol–water partition coefficient (Wildman–Crippen LogP) is 2.88. The number of benzene rings is 2. The van der Waals surface area contributed by atoms with Crippen LogP contribution in [0.2, 0.25) is 0 Å². The molecule has 4 nitrogen and oxygen atoms in total. The van der Waals surface area contributed by atoms with Crippen molar-refractivity contribution in [2.24, 2.45) is 5.73 Å². The molecule has 1 aromatic heterocycles. The van der Waals surface area contributed by atoms with Gasteiger partial charge in [0, 0.05) is 0 Å². The second-order valence-electron chi connectivity index (χ2n) is 4.97. The summed E-state index contributed by atoms with van der Waals surface area (Å²) >= 11 is 0. The van der Waals surface area contributed by atoms with Crippen molar-refractivity contribution in [2.45, 2.75) is 19.4 Å². The van der Waals surface area contributed by atoms with Crippen LogP contribution in [0.15, 0.2) is 60.8 Å². The van der Waals surface area contributed by atoms with Gasteiger partial charge in [-0.1, -0.05) is 49.4 Å². The Morgan fingerprint density at radius 3 is 2.43 bits per heavy atom. The van der Waals surface area contributed by atoms with E-state index < -0.39 is 0 Å². The van der Waals surface area contributed by atoms with Gasteiger partial charge >= 0.3 is 0 Å². The van der Waals surface area contributed by atoms with Crippen LogP contribution < -0.4 is 5.73 Å². The summed E-state index contributed by atoms with van der Waals surface area (Å²) in [5.41, 5.74) is 10.3. The molecule has 0 aliphatic heterocycles. The molecular formula is C17H18N4. The molecule has 2 N–H and O–H groups in total. The van der Waals surface area contributed by atoms with Gasteiger partial charge in [-0.3, -0.25) is 0 Å². The van der Waals surface area contributed by atoms with Crippen molar-refractivity contribution in [2.75, 3.05) is 0 Å². The standard InChI is InChI=1S/C17H18N4/c1-2-13-8-10-14(11-9-13)17(18)16-12-19-21(20-16)15-6-4-3-5-7-15/h3-12,17H,2,18H2,1H3. The first-order valence-electron chi connectivity index (χ1n) is 7.10. The van der Waals surface area contributed by atoms with Crippen molar-refractivity contribution >= 4 is 0 Å². The molecule has 1 heterocycles. The quantitative estimate of drug-likeness (QED) is 0.798. The van der Waals surface area contributed by atoms with E-state index in [1.54, 1.807) is 11.0 Å². The minimum absolute atomic E-state index is 0.256. The zero-order valence-electron chi connectivity index (χ0n) is 12.0. The molecule has 3 rings (SSSR count). The van der Waals surface area contributed by atoms with Gasteiger partial charge in [-0.25, -0.2) is 0 Å². The number of rotatable bonds is 4. The Balaban J connectivity index is 1.85. The van der Waals surface area contributed by atoms with Crippen molar-refractivity contribution in [1.82, 2.24) is 15.0 Å². The molecule has 1 atom stereocenters. The Morgan fingerprint density at radius 2 is 1.76 bits per heavy atom. The van der Waals surface area contributed by atoms with Gasteiger partial charge in [-0.2, -0.15) is 15.0 Å². The third kappa shape index (κ3) is 2.85. The third-order valence-corrected chi connectivity index (χ3v) is 3.56. The number of hydrogen-bond acceptors (Lipinski definition) is 3. The lowest BCUT2D eigenvalue weighted by Crippen LogP contribution is -2.13. The molecule has 1 unspecified atom stereocenters. The summed E-state index contributed by atoms with van der Waals surface area (Å²) in [6, 6.07) is 17.9. The Hall–Kier alpha value is -2.46. The molecule has 0 bridgehead atoms. The lowest BCUT2D eigenvalue weighted by Gasteiger charge is -2.09. The Morgan fingerprint density at radius 1 is 1.05 bits per heavy atom. The molecule has 4 heteroatoms. The average molecular weight is 278 g/mol. The lowest BCUT2D eigenvalue weighted by molar-refractivity contribution is 0.719. The van der Waals surface area contributed by atoms with Gasteiger partial charge < -0.3 is 5.73 Å². The van der Waals surface area contributed by atoms with E-state index in [1.807, 2.05) is 30.3 Å². The van der Waals surface area contributed by atoms with Crippen molar-refractivity contribution in [3.8, 4) is 5.69 Å². The monoisotopic (exact) mass is 278 g/mol. The number of aryl methyl sites for hydroxylation is 1. The van der Waals surface area contributed by atoms with Gasteiger partial charge in [0.25, 0.3) is 0 Å². The van der Waals surface area contributed by atoms with Crippen LogP contribution in [0.5, 0.6) is 0 Å². The molecule has 0 amide bonds. The molecule has 106 valence electrons. The highest BCUT2D eigenvalue weighted by atomic mass is 15.5. The number of para-hydroxylation sites is 1. The van der Waals surface area contributed by atoms with E-state index >= 15 is 0 Å². The number of nitrogens with zero attached hydrogens (tertiary/aromatic N) is 3. The van der Waals surface area contributed by atoms with E-state index in [2.05, 4.69) is 41.4 Å². The van der Waals surface area contributed by atoms with E-state index in [9.17, 15) is 0 Å². The summed E-state index contributed by atoms with van der Waals surface area (Å²) in [4.78, 5) is 1.61. The Bertz CT molecular complexity index is 701. The molecule has 0 aliphatic rings. The molecule has 0 saturated carbocycles. The predicted molar refractivity (Wildman–Crippen MR) is 83.2 cm³/mol. The van der Waals surface area contributed by atoms with Crippen molar-refractivity contribution in [3.63, 3.8) is 0 Å². The molecule has 0 aliphatic carbocycles. The van der Waals surface area contributed by atoms with E-state index in [4.69, 9.17) is 5.73 Å². The maximum atomic E-state index is 6.28.